The Morgan fingerprint density at radius 1 is 0.452 bits per heavy atom. The summed E-state index contributed by atoms with van der Waals surface area (Å²) in [4.78, 5) is 30.8. The Balaban J connectivity index is 0.00000242. The van der Waals surface area contributed by atoms with Gasteiger partial charge in [0.2, 0.25) is 0 Å². The molecule has 0 unspecified atom stereocenters. The van der Waals surface area contributed by atoms with E-state index in [4.69, 9.17) is 29.9 Å². The van der Waals surface area contributed by atoms with E-state index in [9.17, 15) is 0 Å². The molecule has 0 saturated heterocycles. The summed E-state index contributed by atoms with van der Waals surface area (Å²) in [5.74, 6) is 1.58. The van der Waals surface area contributed by atoms with Gasteiger partial charge in [-0.2, -0.15) is 0 Å². The number of hydrogen-bond acceptors (Lipinski definition) is 4. The van der Waals surface area contributed by atoms with E-state index < -0.39 is 0 Å². The maximum Gasteiger partial charge on any atom is 0.0670 e. The van der Waals surface area contributed by atoms with Crippen LogP contribution in [0, 0.1) is 7.43 Å². The molecule has 0 amide bonds. The number of hydrogen-bond donors (Lipinski definition) is 0. The number of aromatic nitrogens is 6. The van der Waals surface area contributed by atoms with Crippen molar-refractivity contribution in [2.24, 2.45) is 0 Å². The van der Waals surface area contributed by atoms with E-state index in [1.54, 1.807) is 0 Å². The predicted octanol–water partition coefficient (Wildman–Crippen LogP) is 8.52. The maximum atomic E-state index is 5.16. The Morgan fingerprint density at radius 2 is 0.786 bits per heavy atom. The van der Waals surface area contributed by atoms with Crippen molar-refractivity contribution < 1.29 is 21.1 Å². The SMILES string of the molecule is CCC1=C(CC)c2nc1cc1[n-]c(nc3nc(cc4[n-]c(n2)c(CC)c4CC)C(CC)=C3CC)c(CC)c1CC.[CH3-].[Pt]. The molecule has 0 atom stereocenters. The van der Waals surface area contributed by atoms with E-state index in [1.165, 1.54) is 44.5 Å². The van der Waals surface area contributed by atoms with E-state index >= 15 is 0 Å². The molecule has 2 aliphatic rings. The minimum atomic E-state index is 0. The van der Waals surface area contributed by atoms with Crippen LogP contribution in [-0.4, -0.2) is 19.9 Å². The number of rotatable bonds is 8. The second-order valence-electron chi connectivity index (χ2n) is 10.5. The molecular weight excluding hydrogens is 700 g/mol. The zero-order valence-corrected chi connectivity index (χ0v) is 29.1. The Hall–Kier alpha value is -2.85. The zero-order valence-electron chi connectivity index (χ0n) is 26.8. The molecule has 8 bridgehead atoms. The minimum absolute atomic E-state index is 0. The van der Waals surface area contributed by atoms with Gasteiger partial charge in [0.1, 0.15) is 0 Å². The zero-order chi connectivity index (χ0) is 28.6. The van der Waals surface area contributed by atoms with Crippen molar-refractivity contribution in [1.29, 1.82) is 0 Å². The summed E-state index contributed by atoms with van der Waals surface area (Å²) in [5, 5.41) is 0. The van der Waals surface area contributed by atoms with Crippen molar-refractivity contribution in [2.75, 3.05) is 0 Å². The summed E-state index contributed by atoms with van der Waals surface area (Å²) in [5.41, 5.74) is 15.3. The topological polar surface area (TPSA) is 79.8 Å². The third-order valence-electron chi connectivity index (χ3n) is 8.48. The largest absolute Gasteiger partial charge is 0.436 e. The van der Waals surface area contributed by atoms with Gasteiger partial charge in [0, 0.05) is 21.1 Å². The number of allylic oxidation sites excluding steroid dienone is 4. The Morgan fingerprint density at radius 3 is 1.07 bits per heavy atom. The van der Waals surface area contributed by atoms with Gasteiger partial charge in [0.25, 0.3) is 0 Å². The molecule has 42 heavy (non-hydrogen) atoms. The molecule has 7 heteroatoms. The van der Waals surface area contributed by atoms with Gasteiger partial charge in [0.05, 0.1) is 23.0 Å². The van der Waals surface area contributed by atoms with E-state index in [2.05, 4.69) is 67.5 Å². The second kappa shape index (κ2) is 14.1. The van der Waals surface area contributed by atoms with Crippen molar-refractivity contribution in [3.05, 3.63) is 64.8 Å². The van der Waals surface area contributed by atoms with Gasteiger partial charge in [-0.25, -0.2) is 0 Å². The van der Waals surface area contributed by atoms with Gasteiger partial charge in [-0.15, -0.1) is 0 Å². The van der Waals surface area contributed by atoms with Crippen LogP contribution in [-0.2, 0) is 46.7 Å². The van der Waals surface area contributed by atoms with Gasteiger partial charge in [0.15, 0.2) is 0 Å². The third-order valence-corrected chi connectivity index (χ3v) is 8.48. The summed E-state index contributed by atoms with van der Waals surface area (Å²) in [6.07, 6.45) is 7.08. The van der Waals surface area contributed by atoms with Crippen molar-refractivity contribution in [3.8, 4) is 0 Å². The number of fused-ring (bicyclic) bond motifs is 8. The molecular formula is C35H45N6Pt-3. The van der Waals surface area contributed by atoms with Crippen molar-refractivity contribution >= 4 is 44.6 Å². The molecule has 0 radical (unpaired) electrons. The molecule has 5 rings (SSSR count). The van der Waals surface area contributed by atoms with Gasteiger partial charge >= 0.3 is 0 Å². The summed E-state index contributed by atoms with van der Waals surface area (Å²) in [6, 6.07) is 4.33. The fourth-order valence-electron chi connectivity index (χ4n) is 6.53. The van der Waals surface area contributed by atoms with Gasteiger partial charge in [-0.3, -0.25) is 9.97 Å². The van der Waals surface area contributed by atoms with Crippen molar-refractivity contribution in [3.63, 3.8) is 0 Å². The Bertz CT molecular complexity index is 1450. The quantitative estimate of drug-likeness (QED) is 0.215. The van der Waals surface area contributed by atoms with Gasteiger partial charge < -0.3 is 27.4 Å². The Labute approximate surface area is 266 Å². The average molecular weight is 745 g/mol. The van der Waals surface area contributed by atoms with Crippen molar-refractivity contribution in [2.45, 2.75) is 107 Å². The molecule has 5 heterocycles. The predicted molar refractivity (Wildman–Crippen MR) is 173 cm³/mol. The smallest absolute Gasteiger partial charge is 0.0670 e. The summed E-state index contributed by atoms with van der Waals surface area (Å²) in [6.45, 7) is 17.6. The molecule has 228 valence electrons. The van der Waals surface area contributed by atoms with Crippen LogP contribution in [0.25, 0.3) is 44.6 Å². The normalized spacial score (nSPS) is 13.0. The van der Waals surface area contributed by atoms with E-state index in [0.717, 1.165) is 96.7 Å². The van der Waals surface area contributed by atoms with E-state index in [-0.39, 0.29) is 28.5 Å². The fourth-order valence-corrected chi connectivity index (χ4v) is 6.53. The van der Waals surface area contributed by atoms with Crippen molar-refractivity contribution in [1.82, 2.24) is 29.9 Å². The Kier molecular flexibility index (Phi) is 11.3. The van der Waals surface area contributed by atoms with Crippen LogP contribution in [0.2, 0.25) is 0 Å². The second-order valence-corrected chi connectivity index (χ2v) is 10.5. The molecule has 3 aromatic rings. The van der Waals surface area contributed by atoms with Gasteiger partial charge in [-0.1, -0.05) is 66.7 Å². The first-order valence-corrected chi connectivity index (χ1v) is 15.3. The fraction of sp³-hybridized carbons (Fsp3) is 0.457. The number of aryl methyl sites for hydroxylation is 4. The first kappa shape index (κ1) is 33.6. The monoisotopic (exact) mass is 744 g/mol. The average Bonchev–Trinajstić information content (AvgIpc) is 3.67. The molecule has 6 nitrogen and oxygen atoms in total. The van der Waals surface area contributed by atoms with Crippen LogP contribution in [0.3, 0.4) is 0 Å². The minimum Gasteiger partial charge on any atom is -0.436 e. The van der Waals surface area contributed by atoms with E-state index in [1.807, 2.05) is 0 Å². The maximum absolute atomic E-state index is 5.16. The molecule has 0 aliphatic carbocycles. The molecule has 0 N–H and O–H groups in total. The van der Waals surface area contributed by atoms with Crippen LogP contribution in [0.1, 0.15) is 126 Å². The van der Waals surface area contributed by atoms with Gasteiger partial charge in [-0.05, 0) is 119 Å². The first-order chi connectivity index (χ1) is 19.5. The van der Waals surface area contributed by atoms with Crippen LogP contribution >= 0.6 is 0 Å². The molecule has 3 aromatic heterocycles. The molecule has 0 aromatic carbocycles. The van der Waals surface area contributed by atoms with Crippen LogP contribution in [0.5, 0.6) is 0 Å². The first-order valence-electron chi connectivity index (χ1n) is 15.3. The number of nitrogens with zero attached hydrogens (tertiary/aromatic N) is 6. The summed E-state index contributed by atoms with van der Waals surface area (Å²) < 4.78 is 0. The van der Waals surface area contributed by atoms with Crippen LogP contribution < -0.4 is 9.97 Å². The third kappa shape index (κ3) is 5.59. The molecule has 0 fully saturated rings. The molecule has 2 aliphatic heterocycles. The van der Waals surface area contributed by atoms with Crippen LogP contribution in [0.4, 0.5) is 0 Å². The standard InChI is InChI=1S/C34H42N6.CH3.Pt/c1-9-19-23(13-5)31-35-27(19)17-28-20(10-2)24(14-6)33(36-28)40-34-26(16-8)22(12-4)30(38-34)18-29-21(11-3)25(15-7)32(37-29)39-31;;/h17-18H,9-16H2,1-8H3;1H3;/q-2;-1;. The summed E-state index contributed by atoms with van der Waals surface area (Å²) >= 11 is 0. The summed E-state index contributed by atoms with van der Waals surface area (Å²) in [7, 11) is 0. The molecule has 0 spiro atoms. The van der Waals surface area contributed by atoms with E-state index in [0.29, 0.717) is 0 Å². The van der Waals surface area contributed by atoms with Crippen LogP contribution in [0.15, 0.2) is 12.1 Å². The molecule has 0 saturated carbocycles.